The third-order valence-electron chi connectivity index (χ3n) is 5.99. The van der Waals surface area contributed by atoms with Crippen molar-refractivity contribution in [1.29, 1.82) is 0 Å². The number of carbonyl (C=O) groups excluding carboxylic acids is 1. The first-order chi connectivity index (χ1) is 10.4. The van der Waals surface area contributed by atoms with Crippen LogP contribution in [0.3, 0.4) is 0 Å². The van der Waals surface area contributed by atoms with Crippen molar-refractivity contribution in [3.8, 4) is 0 Å². The minimum atomic E-state index is -1.79. The number of ether oxygens (including phenoxy) is 1. The molecule has 0 aliphatic heterocycles. The van der Waals surface area contributed by atoms with Gasteiger partial charge in [0.15, 0.2) is 8.32 Å². The van der Waals surface area contributed by atoms with Crippen molar-refractivity contribution in [3.05, 3.63) is 0 Å². The number of hydrogen-bond acceptors (Lipinski definition) is 4. The van der Waals surface area contributed by atoms with Crippen molar-refractivity contribution in [2.45, 2.75) is 84.0 Å². The summed E-state index contributed by atoms with van der Waals surface area (Å²) in [5.74, 6) is 0.200. The molecule has 1 N–H and O–H groups in total. The van der Waals surface area contributed by atoms with Crippen LogP contribution in [-0.2, 0) is 14.0 Å². The molecule has 0 unspecified atom stereocenters. The first-order valence-electron chi connectivity index (χ1n) is 8.90. The van der Waals surface area contributed by atoms with E-state index in [2.05, 4.69) is 40.8 Å². The van der Waals surface area contributed by atoms with Crippen molar-refractivity contribution in [2.24, 2.45) is 11.8 Å². The molecule has 0 amide bonds. The quantitative estimate of drug-likeness (QED) is 0.429. The van der Waals surface area contributed by atoms with E-state index in [0.29, 0.717) is 26.1 Å². The van der Waals surface area contributed by atoms with Crippen LogP contribution in [0.1, 0.15) is 60.3 Å². The smallest absolute Gasteiger partial charge is 0.302 e. The topological polar surface area (TPSA) is 55.8 Å². The summed E-state index contributed by atoms with van der Waals surface area (Å²) in [6.45, 7) is 15.8. The number of hydrogen-bond donors (Lipinski definition) is 1. The Hall–Kier alpha value is -0.393. The molecular weight excluding hydrogens is 308 g/mol. The third kappa shape index (κ3) is 5.30. The summed E-state index contributed by atoms with van der Waals surface area (Å²) >= 11 is 0. The lowest BCUT2D eigenvalue weighted by atomic mass is 9.81. The lowest BCUT2D eigenvalue weighted by Crippen LogP contribution is -2.46. The van der Waals surface area contributed by atoms with E-state index in [4.69, 9.17) is 9.16 Å². The van der Waals surface area contributed by atoms with Crippen molar-refractivity contribution in [3.63, 3.8) is 0 Å². The maximum Gasteiger partial charge on any atom is 0.302 e. The molecule has 23 heavy (non-hydrogen) atoms. The first-order valence-corrected chi connectivity index (χ1v) is 11.8. The maximum absolute atomic E-state index is 11.2. The molecule has 1 rings (SSSR count). The van der Waals surface area contributed by atoms with E-state index in [0.717, 1.165) is 12.8 Å². The second kappa shape index (κ2) is 7.66. The van der Waals surface area contributed by atoms with Crippen LogP contribution in [0, 0.1) is 11.8 Å². The van der Waals surface area contributed by atoms with E-state index in [9.17, 15) is 9.90 Å². The molecule has 1 aliphatic rings. The fourth-order valence-corrected chi connectivity index (χ4v) is 4.18. The molecule has 3 atom stereocenters. The van der Waals surface area contributed by atoms with Crippen LogP contribution in [0.25, 0.3) is 0 Å². The second-order valence-corrected chi connectivity index (χ2v) is 13.5. The SMILES string of the molecule is CC(=O)OCCC[C@]1(O)[C@H](CO[Si](C)(C)C(C)(C)C)CC[C@@H]1C. The first kappa shape index (κ1) is 20.7. The van der Waals surface area contributed by atoms with E-state index in [1.54, 1.807) is 0 Å². The molecule has 0 spiro atoms. The Morgan fingerprint density at radius 2 is 1.91 bits per heavy atom. The van der Waals surface area contributed by atoms with Crippen LogP contribution in [0.2, 0.25) is 18.1 Å². The van der Waals surface area contributed by atoms with Gasteiger partial charge in [0.25, 0.3) is 0 Å². The van der Waals surface area contributed by atoms with Gasteiger partial charge in [0, 0.05) is 19.4 Å². The molecule has 0 aromatic heterocycles. The Morgan fingerprint density at radius 1 is 1.30 bits per heavy atom. The van der Waals surface area contributed by atoms with Gasteiger partial charge in [0.2, 0.25) is 0 Å². The highest BCUT2D eigenvalue weighted by atomic mass is 28.4. The average Bonchev–Trinajstić information content (AvgIpc) is 2.68. The van der Waals surface area contributed by atoms with Gasteiger partial charge in [-0.15, -0.1) is 0 Å². The van der Waals surface area contributed by atoms with Crippen molar-refractivity contribution >= 4 is 14.3 Å². The molecule has 0 aromatic carbocycles. The zero-order valence-corrected chi connectivity index (χ0v) is 17.1. The molecule has 136 valence electrons. The minimum absolute atomic E-state index is 0.184. The number of rotatable bonds is 7. The van der Waals surface area contributed by atoms with Crippen molar-refractivity contribution < 1.29 is 19.1 Å². The summed E-state index contributed by atoms with van der Waals surface area (Å²) in [6.07, 6.45) is 3.43. The predicted octanol–water partition coefficient (Wildman–Crippen LogP) is 4.13. The van der Waals surface area contributed by atoms with Gasteiger partial charge >= 0.3 is 5.97 Å². The molecule has 0 saturated heterocycles. The highest BCUT2D eigenvalue weighted by Gasteiger charge is 2.47. The van der Waals surface area contributed by atoms with E-state index in [1.807, 2.05) is 0 Å². The highest BCUT2D eigenvalue weighted by molar-refractivity contribution is 6.74. The van der Waals surface area contributed by atoms with Gasteiger partial charge in [-0.25, -0.2) is 0 Å². The Kier molecular flexibility index (Phi) is 6.88. The predicted molar refractivity (Wildman–Crippen MR) is 95.9 cm³/mol. The Labute approximate surface area is 143 Å². The zero-order chi connectivity index (χ0) is 17.9. The molecular formula is C18H36O4Si. The van der Waals surface area contributed by atoms with Gasteiger partial charge in [-0.1, -0.05) is 27.7 Å². The number of aliphatic hydroxyl groups is 1. The summed E-state index contributed by atoms with van der Waals surface area (Å²) in [4.78, 5) is 10.9. The summed E-state index contributed by atoms with van der Waals surface area (Å²) in [5, 5.41) is 11.4. The summed E-state index contributed by atoms with van der Waals surface area (Å²) in [5.41, 5.74) is -0.692. The Morgan fingerprint density at radius 3 is 2.43 bits per heavy atom. The summed E-state index contributed by atoms with van der Waals surface area (Å²) in [7, 11) is -1.79. The summed E-state index contributed by atoms with van der Waals surface area (Å²) in [6, 6.07) is 0. The third-order valence-corrected chi connectivity index (χ3v) is 10.5. The maximum atomic E-state index is 11.2. The van der Waals surface area contributed by atoms with E-state index < -0.39 is 13.9 Å². The molecule has 0 heterocycles. The second-order valence-electron chi connectivity index (χ2n) is 8.68. The standard InChI is InChI=1S/C18H36O4Si/c1-14-9-10-16(13-22-23(6,7)17(3,4)5)18(14,20)11-8-12-21-15(2)19/h14,16,20H,8-13H2,1-7H3/t14-,16-,18+/m0/s1. The number of esters is 1. The lowest BCUT2D eigenvalue weighted by molar-refractivity contribution is -0.141. The molecule has 1 fully saturated rings. The highest BCUT2D eigenvalue weighted by Crippen LogP contribution is 2.45. The van der Waals surface area contributed by atoms with Gasteiger partial charge in [0.05, 0.1) is 12.2 Å². The zero-order valence-electron chi connectivity index (χ0n) is 16.1. The fourth-order valence-electron chi connectivity index (χ4n) is 3.13. The van der Waals surface area contributed by atoms with Gasteiger partial charge in [-0.05, 0) is 49.7 Å². The molecule has 0 aromatic rings. The van der Waals surface area contributed by atoms with Crippen molar-refractivity contribution in [2.75, 3.05) is 13.2 Å². The van der Waals surface area contributed by atoms with Crippen LogP contribution in [-0.4, -0.2) is 38.2 Å². The van der Waals surface area contributed by atoms with E-state index in [1.165, 1.54) is 6.92 Å². The average molecular weight is 345 g/mol. The van der Waals surface area contributed by atoms with Gasteiger partial charge in [0.1, 0.15) is 0 Å². The van der Waals surface area contributed by atoms with E-state index >= 15 is 0 Å². The van der Waals surface area contributed by atoms with Crippen molar-refractivity contribution in [1.82, 2.24) is 0 Å². The van der Waals surface area contributed by atoms with Crippen LogP contribution < -0.4 is 0 Å². The Bertz CT molecular complexity index is 402. The Balaban J connectivity index is 2.61. The molecule has 0 bridgehead atoms. The summed E-state index contributed by atoms with van der Waals surface area (Å²) < 4.78 is 11.4. The van der Waals surface area contributed by atoms with E-state index in [-0.39, 0.29) is 22.8 Å². The van der Waals surface area contributed by atoms with Crippen LogP contribution in [0.5, 0.6) is 0 Å². The molecule has 4 nitrogen and oxygen atoms in total. The van der Waals surface area contributed by atoms with Gasteiger partial charge in [-0.3, -0.25) is 4.79 Å². The molecule has 1 aliphatic carbocycles. The van der Waals surface area contributed by atoms with Crippen LogP contribution in [0.4, 0.5) is 0 Å². The minimum Gasteiger partial charge on any atom is -0.466 e. The normalized spacial score (nSPS) is 28.9. The van der Waals surface area contributed by atoms with Crippen LogP contribution in [0.15, 0.2) is 0 Å². The van der Waals surface area contributed by atoms with Gasteiger partial charge < -0.3 is 14.3 Å². The van der Waals surface area contributed by atoms with Gasteiger partial charge in [-0.2, -0.15) is 0 Å². The fraction of sp³-hybridized carbons (Fsp3) is 0.944. The molecule has 5 heteroatoms. The lowest BCUT2D eigenvalue weighted by Gasteiger charge is -2.40. The molecule has 1 saturated carbocycles. The molecule has 0 radical (unpaired) electrons. The largest absolute Gasteiger partial charge is 0.466 e. The van der Waals surface area contributed by atoms with Crippen LogP contribution >= 0.6 is 0 Å². The monoisotopic (exact) mass is 344 g/mol. The number of carbonyl (C=O) groups is 1.